The van der Waals surface area contributed by atoms with Crippen molar-refractivity contribution in [2.75, 3.05) is 12.8 Å². The summed E-state index contributed by atoms with van der Waals surface area (Å²) in [6.07, 6.45) is 4.69. The minimum Gasteiger partial charge on any atom is -0.465 e. The second-order valence-corrected chi connectivity index (χ2v) is 6.09. The highest BCUT2D eigenvalue weighted by Gasteiger charge is 2.19. The van der Waals surface area contributed by atoms with Gasteiger partial charge in [-0.05, 0) is 12.1 Å². The molecule has 0 radical (unpaired) electrons. The molecule has 4 rings (SSSR count). The molecular weight excluding hydrogens is 349 g/mol. The minimum absolute atomic E-state index is 0.215. The Bertz CT molecular complexity index is 1180. The van der Waals surface area contributed by atoms with Crippen LogP contribution in [-0.4, -0.2) is 32.8 Å². The van der Waals surface area contributed by atoms with E-state index in [0.29, 0.717) is 33.3 Å². The Morgan fingerprint density at radius 1 is 1.30 bits per heavy atom. The highest BCUT2D eigenvalue weighted by atomic mass is 19.1. The quantitative estimate of drug-likeness (QED) is 0.544. The lowest BCUT2D eigenvalue weighted by Gasteiger charge is -2.05. The number of fused-ring (bicyclic) bond motifs is 1. The van der Waals surface area contributed by atoms with E-state index in [1.54, 1.807) is 48.4 Å². The number of hydrogen-bond donors (Lipinski definition) is 2. The molecule has 3 aromatic heterocycles. The van der Waals surface area contributed by atoms with E-state index >= 15 is 4.39 Å². The normalized spacial score (nSPS) is 11.1. The number of aromatic nitrogens is 4. The van der Waals surface area contributed by atoms with E-state index in [0.717, 1.165) is 0 Å². The molecule has 0 spiro atoms. The molecule has 0 unspecified atom stereocenters. The van der Waals surface area contributed by atoms with Crippen LogP contribution in [0.2, 0.25) is 0 Å². The number of esters is 1. The number of carbonyl (C=O) groups excluding carboxylic acids is 1. The van der Waals surface area contributed by atoms with Crippen molar-refractivity contribution in [3.05, 3.63) is 54.2 Å². The number of anilines is 1. The maximum Gasteiger partial charge on any atom is 0.340 e. The predicted octanol–water partition coefficient (Wildman–Crippen LogP) is 3.14. The Morgan fingerprint density at radius 3 is 2.78 bits per heavy atom. The molecule has 27 heavy (non-hydrogen) atoms. The summed E-state index contributed by atoms with van der Waals surface area (Å²) in [7, 11) is 3.06. The summed E-state index contributed by atoms with van der Waals surface area (Å²) in [6.45, 7) is 0. The molecule has 0 atom stereocenters. The first kappa shape index (κ1) is 16.8. The van der Waals surface area contributed by atoms with Crippen molar-refractivity contribution in [2.24, 2.45) is 7.05 Å². The van der Waals surface area contributed by atoms with Gasteiger partial charge >= 0.3 is 5.97 Å². The third-order valence-corrected chi connectivity index (χ3v) is 4.41. The fraction of sp³-hybridized carbons (Fsp3) is 0.105. The summed E-state index contributed by atoms with van der Waals surface area (Å²) in [5, 5.41) is 4.61. The van der Waals surface area contributed by atoms with Crippen LogP contribution in [0.1, 0.15) is 10.4 Å². The Hall–Kier alpha value is -3.68. The number of rotatable bonds is 3. The molecule has 7 nitrogen and oxygen atoms in total. The highest BCUT2D eigenvalue weighted by Crippen LogP contribution is 2.34. The molecule has 3 heterocycles. The van der Waals surface area contributed by atoms with Crippen LogP contribution in [0, 0.1) is 5.82 Å². The van der Waals surface area contributed by atoms with Crippen molar-refractivity contribution in [1.29, 1.82) is 0 Å². The van der Waals surface area contributed by atoms with Crippen LogP contribution in [0.15, 0.2) is 42.9 Å². The van der Waals surface area contributed by atoms with Gasteiger partial charge in [0.25, 0.3) is 0 Å². The lowest BCUT2D eigenvalue weighted by molar-refractivity contribution is 0.0602. The summed E-state index contributed by atoms with van der Waals surface area (Å²) in [5.74, 6) is -0.724. The number of nitrogens with zero attached hydrogens (tertiary/aromatic N) is 3. The third-order valence-electron chi connectivity index (χ3n) is 4.41. The number of hydrogen-bond acceptors (Lipinski definition) is 5. The first-order valence-electron chi connectivity index (χ1n) is 8.13. The molecule has 0 saturated heterocycles. The number of aromatic amines is 1. The van der Waals surface area contributed by atoms with E-state index in [1.807, 2.05) is 0 Å². The Morgan fingerprint density at radius 2 is 2.07 bits per heavy atom. The van der Waals surface area contributed by atoms with Gasteiger partial charge in [-0.3, -0.25) is 4.68 Å². The predicted molar refractivity (Wildman–Crippen MR) is 99.4 cm³/mol. The largest absolute Gasteiger partial charge is 0.465 e. The number of nitrogens with two attached hydrogens (primary N) is 1. The van der Waals surface area contributed by atoms with Gasteiger partial charge in [-0.15, -0.1) is 0 Å². The topological polar surface area (TPSA) is 98.8 Å². The lowest BCUT2D eigenvalue weighted by atomic mass is 10.0. The summed E-state index contributed by atoms with van der Waals surface area (Å²) in [6, 6.07) is 6.77. The molecule has 0 aliphatic carbocycles. The van der Waals surface area contributed by atoms with Crippen molar-refractivity contribution < 1.29 is 13.9 Å². The van der Waals surface area contributed by atoms with E-state index in [4.69, 9.17) is 10.5 Å². The Labute approximate surface area is 153 Å². The zero-order valence-electron chi connectivity index (χ0n) is 14.7. The Balaban J connectivity index is 1.91. The second kappa shape index (κ2) is 6.24. The standard InChI is InChI=1S/C19H16FN5O2/c1-25-9-10(7-23-25)11-4-3-5-12(16(11)20)15-6-13-14(19(26)27-2)8-22-18(21)17(13)24-15/h3-9,24H,1-2H3,(H2,21,22). The molecule has 3 N–H and O–H groups in total. The second-order valence-electron chi connectivity index (χ2n) is 6.09. The van der Waals surface area contributed by atoms with E-state index in [9.17, 15) is 4.79 Å². The first-order chi connectivity index (χ1) is 13.0. The Kier molecular flexibility index (Phi) is 3.88. The monoisotopic (exact) mass is 365 g/mol. The van der Waals surface area contributed by atoms with Crippen molar-refractivity contribution in [3.8, 4) is 22.4 Å². The average molecular weight is 365 g/mol. The van der Waals surface area contributed by atoms with E-state index in [2.05, 4.69) is 15.1 Å². The molecule has 1 aromatic carbocycles. The van der Waals surface area contributed by atoms with Crippen molar-refractivity contribution in [3.63, 3.8) is 0 Å². The number of methoxy groups -OCH3 is 1. The number of aryl methyl sites for hydroxylation is 1. The number of pyridine rings is 1. The maximum atomic E-state index is 15.2. The van der Waals surface area contributed by atoms with Gasteiger partial charge in [-0.25, -0.2) is 14.2 Å². The summed E-state index contributed by atoms with van der Waals surface area (Å²) >= 11 is 0. The van der Waals surface area contributed by atoms with Crippen LogP contribution in [0.5, 0.6) is 0 Å². The van der Waals surface area contributed by atoms with Gasteiger partial charge in [-0.1, -0.05) is 12.1 Å². The number of H-pyrrole nitrogens is 1. The average Bonchev–Trinajstić information content (AvgIpc) is 3.29. The van der Waals surface area contributed by atoms with Gasteiger partial charge in [0, 0.05) is 47.2 Å². The van der Waals surface area contributed by atoms with E-state index in [-0.39, 0.29) is 11.4 Å². The van der Waals surface area contributed by atoms with Crippen molar-refractivity contribution >= 4 is 22.7 Å². The SMILES string of the molecule is COC(=O)c1cnc(N)c2[nH]c(-c3cccc(-c4cnn(C)c4)c3F)cc12. The molecule has 0 fully saturated rings. The molecule has 0 aliphatic rings. The fourth-order valence-corrected chi connectivity index (χ4v) is 3.08. The number of ether oxygens (including phenoxy) is 1. The van der Waals surface area contributed by atoms with Crippen molar-refractivity contribution in [1.82, 2.24) is 19.7 Å². The molecule has 0 aliphatic heterocycles. The van der Waals surface area contributed by atoms with Gasteiger partial charge in [-0.2, -0.15) is 5.10 Å². The molecule has 8 heteroatoms. The van der Waals surface area contributed by atoms with Crippen LogP contribution in [0.3, 0.4) is 0 Å². The molecule has 0 amide bonds. The van der Waals surface area contributed by atoms with Gasteiger partial charge < -0.3 is 15.5 Å². The first-order valence-corrected chi connectivity index (χ1v) is 8.13. The maximum absolute atomic E-state index is 15.2. The number of carbonyl (C=O) groups is 1. The van der Waals surface area contributed by atoms with E-state index in [1.165, 1.54) is 13.3 Å². The number of benzene rings is 1. The van der Waals surface area contributed by atoms with Gasteiger partial charge in [0.05, 0.1) is 24.4 Å². The summed E-state index contributed by atoms with van der Waals surface area (Å²) in [4.78, 5) is 19.1. The molecule has 0 bridgehead atoms. The molecular formula is C19H16FN5O2. The number of halogens is 1. The van der Waals surface area contributed by atoms with Crippen LogP contribution in [-0.2, 0) is 11.8 Å². The van der Waals surface area contributed by atoms with Crippen LogP contribution in [0.25, 0.3) is 33.3 Å². The van der Waals surface area contributed by atoms with Crippen molar-refractivity contribution in [2.45, 2.75) is 0 Å². The zero-order chi connectivity index (χ0) is 19.1. The van der Waals surface area contributed by atoms with Gasteiger partial charge in [0.2, 0.25) is 0 Å². The van der Waals surface area contributed by atoms with E-state index < -0.39 is 11.8 Å². The summed E-state index contributed by atoms with van der Waals surface area (Å²) < 4.78 is 21.6. The molecule has 4 aromatic rings. The smallest absolute Gasteiger partial charge is 0.340 e. The fourth-order valence-electron chi connectivity index (χ4n) is 3.08. The number of nitrogens with one attached hydrogen (secondary N) is 1. The van der Waals surface area contributed by atoms with Gasteiger partial charge in [0.1, 0.15) is 11.6 Å². The number of nitrogen functional groups attached to an aromatic ring is 1. The lowest BCUT2D eigenvalue weighted by Crippen LogP contribution is -2.03. The zero-order valence-corrected chi connectivity index (χ0v) is 14.7. The third kappa shape index (κ3) is 2.71. The minimum atomic E-state index is -0.539. The van der Waals surface area contributed by atoms with Crippen LogP contribution < -0.4 is 5.73 Å². The van der Waals surface area contributed by atoms with Crippen LogP contribution >= 0.6 is 0 Å². The highest BCUT2D eigenvalue weighted by molar-refractivity contribution is 6.07. The van der Waals surface area contributed by atoms with Crippen LogP contribution in [0.4, 0.5) is 10.2 Å². The van der Waals surface area contributed by atoms with Gasteiger partial charge in [0.15, 0.2) is 0 Å². The molecule has 136 valence electrons. The summed E-state index contributed by atoms with van der Waals surface area (Å²) in [5.41, 5.74) is 8.57. The molecule has 0 saturated carbocycles.